The van der Waals surface area contributed by atoms with Gasteiger partial charge in [0, 0.05) is 17.7 Å². The van der Waals surface area contributed by atoms with Gasteiger partial charge in [-0.3, -0.25) is 9.52 Å². The summed E-state index contributed by atoms with van der Waals surface area (Å²) < 4.78 is 42.2. The summed E-state index contributed by atoms with van der Waals surface area (Å²) in [6, 6.07) is 2.88. The third-order valence-corrected chi connectivity index (χ3v) is 8.47. The lowest BCUT2D eigenvalue weighted by molar-refractivity contribution is -0.0569. The first-order valence-electron chi connectivity index (χ1n) is 11.2. The van der Waals surface area contributed by atoms with Gasteiger partial charge in [-0.15, -0.1) is 0 Å². The summed E-state index contributed by atoms with van der Waals surface area (Å²) in [5.74, 6) is 1.92. The molecule has 0 aromatic heterocycles. The molecule has 0 radical (unpaired) electrons. The van der Waals surface area contributed by atoms with E-state index in [0.29, 0.717) is 12.4 Å². The highest BCUT2D eigenvalue weighted by Gasteiger charge is 2.49. The molecule has 30 heavy (non-hydrogen) atoms. The Hall–Kier alpha value is -1.63. The normalized spacial score (nSPS) is 34.3. The molecule has 1 amide bonds. The quantitative estimate of drug-likeness (QED) is 0.660. The average molecular weight is 435 g/mol. The van der Waals surface area contributed by atoms with Gasteiger partial charge in [-0.2, -0.15) is 0 Å². The molecule has 0 heterocycles. The Morgan fingerprint density at radius 3 is 2.77 bits per heavy atom. The zero-order valence-electron chi connectivity index (χ0n) is 17.5. The molecule has 5 unspecified atom stereocenters. The van der Waals surface area contributed by atoms with Crippen LogP contribution in [0.15, 0.2) is 12.1 Å². The zero-order chi connectivity index (χ0) is 21.1. The molecule has 7 heteroatoms. The van der Waals surface area contributed by atoms with Crippen LogP contribution in [-0.4, -0.2) is 23.0 Å². The van der Waals surface area contributed by atoms with Gasteiger partial charge in [0.05, 0.1) is 12.2 Å². The Kier molecular flexibility index (Phi) is 4.88. The van der Waals surface area contributed by atoms with Crippen molar-refractivity contribution in [3.05, 3.63) is 29.1 Å². The molecule has 0 aliphatic heterocycles. The molecule has 4 saturated carbocycles. The van der Waals surface area contributed by atoms with E-state index >= 15 is 0 Å². The van der Waals surface area contributed by atoms with Crippen molar-refractivity contribution in [2.75, 3.05) is 12.9 Å². The Labute approximate surface area is 178 Å². The predicted molar refractivity (Wildman–Crippen MR) is 113 cm³/mol. The van der Waals surface area contributed by atoms with E-state index in [1.807, 2.05) is 0 Å². The first kappa shape index (κ1) is 20.3. The zero-order valence-corrected chi connectivity index (χ0v) is 18.4. The van der Waals surface area contributed by atoms with E-state index in [0.717, 1.165) is 42.4 Å². The standard InChI is InChI=1S/C23H31FN2O3S/c1-30(25,28)26-22(27)19-9-18(16-4-5-16)21(10-20(19)24)29-13-23-7-6-15-3-2-14(11-23)8-17(15)12-23/h9-10,14-17H,2-8,11-13H2,1H3,(H2,25,26,27,28). The van der Waals surface area contributed by atoms with Gasteiger partial charge < -0.3 is 4.74 Å². The Bertz CT molecular complexity index is 971. The van der Waals surface area contributed by atoms with E-state index in [2.05, 4.69) is 4.72 Å². The second-order valence-corrected chi connectivity index (χ2v) is 12.2. The van der Waals surface area contributed by atoms with Gasteiger partial charge in [-0.05, 0) is 86.7 Å². The first-order valence-corrected chi connectivity index (χ1v) is 13.2. The summed E-state index contributed by atoms with van der Waals surface area (Å²) in [6.07, 6.45) is 12.2. The van der Waals surface area contributed by atoms with Crippen LogP contribution in [0.25, 0.3) is 0 Å². The van der Waals surface area contributed by atoms with E-state index < -0.39 is 21.6 Å². The molecule has 0 spiro atoms. The van der Waals surface area contributed by atoms with E-state index in [-0.39, 0.29) is 16.9 Å². The Morgan fingerprint density at radius 2 is 2.03 bits per heavy atom. The van der Waals surface area contributed by atoms with Crippen LogP contribution < -0.4 is 9.46 Å². The molecule has 0 saturated heterocycles. The van der Waals surface area contributed by atoms with Gasteiger partial charge in [0.1, 0.15) is 21.5 Å². The summed E-state index contributed by atoms with van der Waals surface area (Å²) in [5.41, 5.74) is 0.934. The van der Waals surface area contributed by atoms with Crippen LogP contribution in [0.3, 0.4) is 0 Å². The van der Waals surface area contributed by atoms with Gasteiger partial charge in [0.2, 0.25) is 0 Å². The molecule has 2 N–H and O–H groups in total. The van der Waals surface area contributed by atoms with Crippen LogP contribution in [0.2, 0.25) is 0 Å². The van der Waals surface area contributed by atoms with Gasteiger partial charge in [-0.25, -0.2) is 13.4 Å². The number of hydrogen-bond donors (Lipinski definition) is 2. The molecule has 5 rings (SSSR count). The van der Waals surface area contributed by atoms with Gasteiger partial charge in [-0.1, -0.05) is 6.42 Å². The van der Waals surface area contributed by atoms with Crippen molar-refractivity contribution in [3.63, 3.8) is 0 Å². The molecule has 1 aromatic rings. The number of fused-ring (bicyclic) bond motifs is 2. The molecule has 4 fully saturated rings. The summed E-state index contributed by atoms with van der Waals surface area (Å²) in [5, 5.41) is 0. The third-order valence-electron chi connectivity index (χ3n) is 7.89. The molecule has 4 aliphatic rings. The number of carbonyl (C=O) groups is 1. The molecule has 164 valence electrons. The Morgan fingerprint density at radius 1 is 1.23 bits per heavy atom. The van der Waals surface area contributed by atoms with E-state index in [1.54, 1.807) is 6.07 Å². The minimum absolute atomic E-state index is 0.156. The highest BCUT2D eigenvalue weighted by Crippen LogP contribution is 2.58. The molecule has 5 nitrogen and oxygen atoms in total. The van der Waals surface area contributed by atoms with Gasteiger partial charge in [0.15, 0.2) is 0 Å². The lowest BCUT2D eigenvalue weighted by atomic mass is 9.52. The summed E-state index contributed by atoms with van der Waals surface area (Å²) in [6.45, 7) is 0.632. The first-order chi connectivity index (χ1) is 14.2. The number of amides is 1. The Balaban J connectivity index is 1.37. The van der Waals surface area contributed by atoms with Crippen molar-refractivity contribution < 1.29 is 18.1 Å². The third kappa shape index (κ3) is 3.97. The fraction of sp³-hybridized carbons (Fsp3) is 0.696. The van der Waals surface area contributed by atoms with Crippen molar-refractivity contribution in [2.24, 2.45) is 23.2 Å². The maximum absolute atomic E-state index is 14.8. The SMILES string of the molecule is CS(=N)(=O)NC(=O)c1cc(C2CC2)c(OCC23CCC4CCC(CC4C2)C3)cc1F. The number of ether oxygens (including phenoxy) is 1. The van der Waals surface area contributed by atoms with E-state index in [9.17, 15) is 13.4 Å². The fourth-order valence-corrected chi connectivity index (χ4v) is 6.89. The lowest BCUT2D eigenvalue weighted by Gasteiger charge is -2.54. The lowest BCUT2D eigenvalue weighted by Crippen LogP contribution is -2.46. The van der Waals surface area contributed by atoms with Crippen molar-refractivity contribution in [3.8, 4) is 5.75 Å². The minimum Gasteiger partial charge on any atom is -0.493 e. The summed E-state index contributed by atoms with van der Waals surface area (Å²) >= 11 is 0. The molecular formula is C23H31FN2O3S. The number of rotatable bonds is 6. The number of nitrogens with one attached hydrogen (secondary N) is 2. The van der Waals surface area contributed by atoms with Crippen LogP contribution in [0.5, 0.6) is 5.75 Å². The number of halogens is 1. The van der Waals surface area contributed by atoms with Crippen molar-refractivity contribution in [1.82, 2.24) is 4.72 Å². The maximum Gasteiger partial charge on any atom is 0.266 e. The van der Waals surface area contributed by atoms with Crippen LogP contribution in [0, 0.1) is 33.8 Å². The molecule has 4 aliphatic carbocycles. The maximum atomic E-state index is 14.8. The monoisotopic (exact) mass is 434 g/mol. The highest BCUT2D eigenvalue weighted by atomic mass is 32.2. The summed E-state index contributed by atoms with van der Waals surface area (Å²) in [7, 11) is -3.25. The predicted octanol–water partition coefficient (Wildman–Crippen LogP) is 5.01. The minimum atomic E-state index is -3.25. The van der Waals surface area contributed by atoms with Crippen molar-refractivity contribution in [2.45, 2.75) is 63.7 Å². The van der Waals surface area contributed by atoms with Crippen LogP contribution in [0.4, 0.5) is 4.39 Å². The second kappa shape index (κ2) is 7.21. The smallest absolute Gasteiger partial charge is 0.266 e. The second-order valence-electron chi connectivity index (χ2n) is 10.4. The highest BCUT2D eigenvalue weighted by molar-refractivity contribution is 7.90. The largest absolute Gasteiger partial charge is 0.493 e. The number of benzene rings is 1. The average Bonchev–Trinajstić information content (AvgIpc) is 3.48. The molecular weight excluding hydrogens is 403 g/mol. The fourth-order valence-electron chi connectivity index (χ4n) is 6.42. The van der Waals surface area contributed by atoms with Crippen molar-refractivity contribution in [1.29, 1.82) is 4.78 Å². The van der Waals surface area contributed by atoms with Crippen LogP contribution >= 0.6 is 0 Å². The van der Waals surface area contributed by atoms with Gasteiger partial charge in [0.25, 0.3) is 5.91 Å². The number of carbonyl (C=O) groups excluding carboxylic acids is 1. The topological polar surface area (TPSA) is 79.3 Å². The van der Waals surface area contributed by atoms with Crippen LogP contribution in [-0.2, 0) is 9.92 Å². The molecule has 3 bridgehead atoms. The van der Waals surface area contributed by atoms with Crippen LogP contribution in [0.1, 0.15) is 79.6 Å². The molecule has 1 aromatic carbocycles. The van der Waals surface area contributed by atoms with Crippen molar-refractivity contribution >= 4 is 15.8 Å². The summed E-state index contributed by atoms with van der Waals surface area (Å²) in [4.78, 5) is 12.3. The van der Waals surface area contributed by atoms with Gasteiger partial charge >= 0.3 is 0 Å². The molecule has 5 atom stereocenters. The number of hydrogen-bond acceptors (Lipinski definition) is 4. The van der Waals surface area contributed by atoms with E-state index in [4.69, 9.17) is 9.52 Å². The van der Waals surface area contributed by atoms with E-state index in [1.165, 1.54) is 51.0 Å².